The molecular weight excluding hydrogens is 272 g/mol. The molecule has 4 rings (SSSR count). The summed E-state index contributed by atoms with van der Waals surface area (Å²) in [5, 5.41) is 0. The third-order valence-electron chi connectivity index (χ3n) is 6.05. The smallest absolute Gasteiger partial charge is 0.219 e. The Labute approximate surface area is 133 Å². The predicted molar refractivity (Wildman–Crippen MR) is 87.7 cm³/mol. The normalized spacial score (nSPS) is 29.2. The highest BCUT2D eigenvalue weighted by molar-refractivity contribution is 5.73. The molecule has 3 aliphatic rings. The van der Waals surface area contributed by atoms with Crippen molar-refractivity contribution < 1.29 is 4.79 Å². The number of carbonyl (C=O) groups is 1. The molecule has 0 saturated carbocycles. The lowest BCUT2D eigenvalue weighted by Gasteiger charge is -2.49. The summed E-state index contributed by atoms with van der Waals surface area (Å²) in [6, 6.07) is 10.3. The van der Waals surface area contributed by atoms with Gasteiger partial charge in [0.2, 0.25) is 5.91 Å². The molecule has 0 spiro atoms. The Bertz CT molecular complexity index is 545. The van der Waals surface area contributed by atoms with Crippen molar-refractivity contribution in [2.45, 2.75) is 51.1 Å². The van der Waals surface area contributed by atoms with Crippen LogP contribution in [0, 0.1) is 5.92 Å². The van der Waals surface area contributed by atoms with Crippen LogP contribution in [-0.4, -0.2) is 47.4 Å². The Morgan fingerprint density at radius 2 is 1.82 bits per heavy atom. The van der Waals surface area contributed by atoms with Gasteiger partial charge >= 0.3 is 0 Å². The fourth-order valence-electron chi connectivity index (χ4n) is 4.95. The van der Waals surface area contributed by atoms with Crippen molar-refractivity contribution in [3.63, 3.8) is 0 Å². The Kier molecular flexibility index (Phi) is 3.69. The summed E-state index contributed by atoms with van der Waals surface area (Å²) in [5.41, 5.74) is 3.10. The van der Waals surface area contributed by atoms with Gasteiger partial charge in [-0.05, 0) is 55.7 Å². The highest BCUT2D eigenvalue weighted by atomic mass is 16.2. The predicted octanol–water partition coefficient (Wildman–Crippen LogP) is 2.49. The second kappa shape index (κ2) is 5.69. The first-order valence-corrected chi connectivity index (χ1v) is 8.80. The third kappa shape index (κ3) is 2.45. The zero-order chi connectivity index (χ0) is 15.1. The molecule has 1 aromatic carbocycles. The van der Waals surface area contributed by atoms with Crippen LogP contribution in [0.5, 0.6) is 0 Å². The van der Waals surface area contributed by atoms with E-state index in [0.29, 0.717) is 18.0 Å². The van der Waals surface area contributed by atoms with E-state index >= 15 is 0 Å². The minimum absolute atomic E-state index is 0.254. The van der Waals surface area contributed by atoms with Crippen molar-refractivity contribution in [2.24, 2.45) is 5.92 Å². The van der Waals surface area contributed by atoms with Crippen molar-refractivity contribution in [3.8, 4) is 0 Å². The van der Waals surface area contributed by atoms with E-state index in [4.69, 9.17) is 0 Å². The number of fused-ring (bicyclic) bond motifs is 2. The van der Waals surface area contributed by atoms with E-state index in [1.807, 2.05) is 0 Å². The van der Waals surface area contributed by atoms with Gasteiger partial charge in [-0.15, -0.1) is 0 Å². The molecule has 0 aromatic heterocycles. The number of carbonyl (C=O) groups excluding carboxylic acids is 1. The molecule has 0 N–H and O–H groups in total. The molecule has 0 radical (unpaired) electrons. The van der Waals surface area contributed by atoms with Crippen molar-refractivity contribution in [3.05, 3.63) is 35.4 Å². The number of likely N-dealkylation sites (tertiary alicyclic amines) is 2. The summed E-state index contributed by atoms with van der Waals surface area (Å²) < 4.78 is 0. The molecule has 2 aliphatic heterocycles. The standard InChI is InChI=1S/C19H26N2O/c1-14(22)20-10-8-19-17(13-20)7-4-9-21(19)18-11-15-5-2-3-6-16(15)12-18/h2-3,5-6,17-19H,4,7-13H2,1H3/t17-,19+/m1/s1. The van der Waals surface area contributed by atoms with E-state index in [1.54, 1.807) is 18.1 Å². The Hall–Kier alpha value is -1.35. The minimum Gasteiger partial charge on any atom is -0.343 e. The number of amides is 1. The van der Waals surface area contributed by atoms with Crippen molar-refractivity contribution >= 4 is 5.91 Å². The highest BCUT2D eigenvalue weighted by Crippen LogP contribution is 2.35. The summed E-state index contributed by atoms with van der Waals surface area (Å²) >= 11 is 0. The zero-order valence-electron chi connectivity index (χ0n) is 13.5. The molecule has 0 unspecified atom stereocenters. The molecule has 2 atom stereocenters. The van der Waals surface area contributed by atoms with Crippen molar-refractivity contribution in [2.75, 3.05) is 19.6 Å². The van der Waals surface area contributed by atoms with Gasteiger partial charge in [0, 0.05) is 32.1 Å². The fraction of sp³-hybridized carbons (Fsp3) is 0.632. The number of benzene rings is 1. The van der Waals surface area contributed by atoms with Crippen LogP contribution < -0.4 is 0 Å². The lowest BCUT2D eigenvalue weighted by Crippen LogP contribution is -2.57. The van der Waals surface area contributed by atoms with Gasteiger partial charge in [0.1, 0.15) is 0 Å². The van der Waals surface area contributed by atoms with Gasteiger partial charge in [0.15, 0.2) is 0 Å². The molecule has 0 bridgehead atoms. The number of rotatable bonds is 1. The fourth-order valence-corrected chi connectivity index (χ4v) is 4.95. The summed E-state index contributed by atoms with van der Waals surface area (Å²) in [4.78, 5) is 16.5. The maximum absolute atomic E-state index is 11.7. The van der Waals surface area contributed by atoms with Crippen molar-refractivity contribution in [1.82, 2.24) is 9.80 Å². The van der Waals surface area contributed by atoms with Gasteiger partial charge in [-0.25, -0.2) is 0 Å². The Morgan fingerprint density at radius 1 is 1.09 bits per heavy atom. The van der Waals surface area contributed by atoms with Gasteiger partial charge in [0.25, 0.3) is 0 Å². The van der Waals surface area contributed by atoms with Crippen LogP contribution in [0.25, 0.3) is 0 Å². The Morgan fingerprint density at radius 3 is 2.50 bits per heavy atom. The second-order valence-electron chi connectivity index (χ2n) is 7.29. The van der Waals surface area contributed by atoms with E-state index in [1.165, 1.54) is 32.2 Å². The van der Waals surface area contributed by atoms with Gasteiger partial charge in [-0.2, -0.15) is 0 Å². The second-order valence-corrected chi connectivity index (χ2v) is 7.29. The average Bonchev–Trinajstić information content (AvgIpc) is 2.97. The summed E-state index contributed by atoms with van der Waals surface area (Å²) in [5.74, 6) is 0.943. The first-order chi connectivity index (χ1) is 10.7. The van der Waals surface area contributed by atoms with Crippen LogP contribution in [-0.2, 0) is 17.6 Å². The molecule has 2 heterocycles. The van der Waals surface area contributed by atoms with Crippen LogP contribution in [0.2, 0.25) is 0 Å². The van der Waals surface area contributed by atoms with Crippen LogP contribution in [0.15, 0.2) is 24.3 Å². The molecule has 3 heteroatoms. The molecule has 3 nitrogen and oxygen atoms in total. The lowest BCUT2D eigenvalue weighted by molar-refractivity contribution is -0.132. The quantitative estimate of drug-likeness (QED) is 0.795. The van der Waals surface area contributed by atoms with Crippen LogP contribution >= 0.6 is 0 Å². The average molecular weight is 298 g/mol. The maximum atomic E-state index is 11.7. The molecule has 1 aromatic rings. The van der Waals surface area contributed by atoms with E-state index in [9.17, 15) is 4.79 Å². The lowest BCUT2D eigenvalue weighted by atomic mass is 9.82. The summed E-state index contributed by atoms with van der Waals surface area (Å²) in [6.45, 7) is 4.90. The molecule has 1 aliphatic carbocycles. The summed E-state index contributed by atoms with van der Waals surface area (Å²) in [7, 11) is 0. The number of piperidine rings is 2. The number of hydrogen-bond acceptors (Lipinski definition) is 2. The van der Waals surface area contributed by atoms with Gasteiger partial charge in [0.05, 0.1) is 0 Å². The number of hydrogen-bond donors (Lipinski definition) is 0. The van der Waals surface area contributed by atoms with Crippen LogP contribution in [0.3, 0.4) is 0 Å². The monoisotopic (exact) mass is 298 g/mol. The maximum Gasteiger partial charge on any atom is 0.219 e. The SMILES string of the molecule is CC(=O)N1CC[C@H]2[C@H](CCCN2C2Cc3ccccc3C2)C1. The molecule has 2 saturated heterocycles. The van der Waals surface area contributed by atoms with Crippen LogP contribution in [0.1, 0.15) is 37.3 Å². The van der Waals surface area contributed by atoms with Crippen LogP contribution in [0.4, 0.5) is 0 Å². The van der Waals surface area contributed by atoms with E-state index in [2.05, 4.69) is 34.1 Å². The number of nitrogens with zero attached hydrogens (tertiary/aromatic N) is 2. The van der Waals surface area contributed by atoms with E-state index < -0.39 is 0 Å². The largest absolute Gasteiger partial charge is 0.343 e. The summed E-state index contributed by atoms with van der Waals surface area (Å²) in [6.07, 6.45) is 6.19. The van der Waals surface area contributed by atoms with Gasteiger partial charge in [-0.3, -0.25) is 9.69 Å². The minimum atomic E-state index is 0.254. The molecule has 1 amide bonds. The van der Waals surface area contributed by atoms with Gasteiger partial charge in [-0.1, -0.05) is 24.3 Å². The Balaban J connectivity index is 1.48. The van der Waals surface area contributed by atoms with Crippen molar-refractivity contribution in [1.29, 1.82) is 0 Å². The topological polar surface area (TPSA) is 23.6 Å². The third-order valence-corrected chi connectivity index (χ3v) is 6.05. The molecule has 2 fully saturated rings. The molecular formula is C19H26N2O. The van der Waals surface area contributed by atoms with E-state index in [0.717, 1.165) is 19.5 Å². The zero-order valence-corrected chi connectivity index (χ0v) is 13.5. The highest BCUT2D eigenvalue weighted by Gasteiger charge is 2.40. The molecule has 22 heavy (non-hydrogen) atoms. The van der Waals surface area contributed by atoms with Gasteiger partial charge < -0.3 is 4.90 Å². The first kappa shape index (κ1) is 14.3. The molecule has 118 valence electrons. The van der Waals surface area contributed by atoms with E-state index in [-0.39, 0.29) is 5.91 Å². The first-order valence-electron chi connectivity index (χ1n) is 8.80.